The molecule has 0 radical (unpaired) electrons. The van der Waals surface area contributed by atoms with Crippen LogP contribution >= 0.6 is 34.4 Å². The zero-order valence-electron chi connectivity index (χ0n) is 23.1. The van der Waals surface area contributed by atoms with Crippen molar-refractivity contribution in [2.24, 2.45) is 0 Å². The SMILES string of the molecule is Cc1ccc2c(c1)N(CCCS(=O)(=O)O)C(=Cc1sc3ccc(-c4cccc5ccsc45)cc3[n+]1CCCS(=O)(=O)O)S2. The monoisotopic (exact) mass is 673 g/mol. The summed E-state index contributed by atoms with van der Waals surface area (Å²) in [5.41, 5.74) is 5.22. The topological polar surface area (TPSA) is 116 Å². The van der Waals surface area contributed by atoms with Crippen LogP contribution < -0.4 is 9.47 Å². The Morgan fingerprint density at radius 3 is 2.51 bits per heavy atom. The van der Waals surface area contributed by atoms with Gasteiger partial charge in [-0.1, -0.05) is 53.4 Å². The summed E-state index contributed by atoms with van der Waals surface area (Å²) in [5, 5.41) is 5.08. The molecule has 13 heteroatoms. The number of thioether (sulfide) groups is 1. The molecule has 0 fully saturated rings. The first kappa shape index (κ1) is 30.3. The zero-order valence-corrected chi connectivity index (χ0v) is 27.2. The fraction of sp³-hybridized carbons (Fsp3) is 0.233. The van der Waals surface area contributed by atoms with Crippen LogP contribution in [-0.4, -0.2) is 44.0 Å². The molecule has 5 aromatic rings. The van der Waals surface area contributed by atoms with Gasteiger partial charge in [-0.05, 0) is 65.1 Å². The number of fused-ring (bicyclic) bond motifs is 3. The minimum absolute atomic E-state index is 0.237. The first-order valence-electron chi connectivity index (χ1n) is 13.6. The Labute approximate surface area is 262 Å². The maximum absolute atomic E-state index is 11.6. The standard InChI is InChI=1S/C30H28N2O6S5/c1-20-7-9-26-24(17-20)31(12-3-15-42(33,34)35)28(40-26)19-29-32(13-4-16-43(36,37)38)25-18-22(8-10-27(25)41-29)23-6-2-5-21-11-14-39-30(21)23/h2,5-11,14,17-19H,3-4,12-13,15-16H2,1H3,(H-,33,34,35,36,37,38)/p+1. The summed E-state index contributed by atoms with van der Waals surface area (Å²) >= 11 is 4.87. The van der Waals surface area contributed by atoms with Crippen molar-refractivity contribution in [3.63, 3.8) is 0 Å². The minimum Gasteiger partial charge on any atom is -0.335 e. The highest BCUT2D eigenvalue weighted by Gasteiger charge is 2.29. The van der Waals surface area contributed by atoms with Crippen molar-refractivity contribution in [2.75, 3.05) is 23.0 Å². The van der Waals surface area contributed by atoms with E-state index in [0.717, 1.165) is 47.5 Å². The van der Waals surface area contributed by atoms with Crippen molar-refractivity contribution < 1.29 is 30.5 Å². The summed E-state index contributed by atoms with van der Waals surface area (Å²) in [5.74, 6) is -0.677. The molecule has 1 aliphatic rings. The van der Waals surface area contributed by atoms with E-state index in [1.54, 1.807) is 34.4 Å². The number of thiazole rings is 1. The Hall–Kier alpha value is -2.78. The van der Waals surface area contributed by atoms with Gasteiger partial charge in [0.1, 0.15) is 4.70 Å². The summed E-state index contributed by atoms with van der Waals surface area (Å²) in [4.78, 5) is 3.13. The molecule has 1 aliphatic heterocycles. The Bertz CT molecular complexity index is 2100. The second kappa shape index (κ2) is 12.0. The number of nitrogens with zero attached hydrogens (tertiary/aromatic N) is 2. The van der Waals surface area contributed by atoms with E-state index in [4.69, 9.17) is 0 Å². The van der Waals surface area contributed by atoms with Crippen LogP contribution in [0.2, 0.25) is 0 Å². The van der Waals surface area contributed by atoms with Crippen LogP contribution in [0.5, 0.6) is 0 Å². The maximum atomic E-state index is 11.6. The smallest absolute Gasteiger partial charge is 0.265 e. The Kier molecular flexibility index (Phi) is 8.41. The van der Waals surface area contributed by atoms with Gasteiger partial charge in [0.2, 0.25) is 5.52 Å². The van der Waals surface area contributed by atoms with Crippen molar-refractivity contribution >= 4 is 86.7 Å². The van der Waals surface area contributed by atoms with Gasteiger partial charge in [-0.2, -0.15) is 21.4 Å². The van der Waals surface area contributed by atoms with E-state index in [0.29, 0.717) is 13.1 Å². The van der Waals surface area contributed by atoms with Gasteiger partial charge in [0.15, 0.2) is 6.54 Å². The molecule has 0 atom stereocenters. The predicted molar refractivity (Wildman–Crippen MR) is 177 cm³/mol. The average Bonchev–Trinajstić information content (AvgIpc) is 3.63. The van der Waals surface area contributed by atoms with E-state index in [2.05, 4.69) is 69.5 Å². The van der Waals surface area contributed by atoms with Crippen molar-refractivity contribution in [1.82, 2.24) is 0 Å². The van der Waals surface area contributed by atoms with E-state index in [1.807, 2.05) is 19.1 Å². The van der Waals surface area contributed by atoms with Crippen LogP contribution in [0, 0.1) is 6.92 Å². The average molecular weight is 674 g/mol. The molecule has 0 aliphatic carbocycles. The predicted octanol–water partition coefficient (Wildman–Crippen LogP) is 6.85. The van der Waals surface area contributed by atoms with E-state index in [-0.39, 0.29) is 24.3 Å². The van der Waals surface area contributed by atoms with Crippen LogP contribution in [0.15, 0.2) is 76.0 Å². The molecule has 0 spiro atoms. The van der Waals surface area contributed by atoms with E-state index < -0.39 is 20.2 Å². The highest BCUT2D eigenvalue weighted by atomic mass is 32.2. The summed E-state index contributed by atoms with van der Waals surface area (Å²) in [6.07, 6.45) is 2.55. The maximum Gasteiger partial charge on any atom is 0.265 e. The molecule has 6 rings (SSSR count). The van der Waals surface area contributed by atoms with Crippen LogP contribution in [0.25, 0.3) is 37.5 Å². The van der Waals surface area contributed by atoms with Crippen LogP contribution in [-0.2, 0) is 26.8 Å². The van der Waals surface area contributed by atoms with Gasteiger partial charge in [-0.15, -0.1) is 11.3 Å². The summed E-state index contributed by atoms with van der Waals surface area (Å²) in [6, 6.07) is 20.8. The number of hydrogen-bond acceptors (Lipinski definition) is 8. The number of thiophene rings is 1. The Balaban J connectivity index is 1.44. The third-order valence-corrected chi connectivity index (χ3v) is 12.0. The first-order chi connectivity index (χ1) is 20.4. The number of aryl methyl sites for hydroxylation is 2. The molecule has 3 aromatic carbocycles. The van der Waals surface area contributed by atoms with Crippen molar-refractivity contribution in [3.8, 4) is 11.1 Å². The van der Waals surface area contributed by atoms with Gasteiger partial charge in [0.05, 0.1) is 28.3 Å². The second-order valence-electron chi connectivity index (χ2n) is 10.4. The third kappa shape index (κ3) is 6.83. The normalized spacial score (nSPS) is 14.8. The van der Waals surface area contributed by atoms with Crippen molar-refractivity contribution in [1.29, 1.82) is 0 Å². The van der Waals surface area contributed by atoms with E-state index in [9.17, 15) is 25.9 Å². The van der Waals surface area contributed by atoms with Crippen LogP contribution in [0.4, 0.5) is 5.69 Å². The summed E-state index contributed by atoms with van der Waals surface area (Å²) < 4.78 is 69.1. The number of hydrogen-bond donors (Lipinski definition) is 2. The van der Waals surface area contributed by atoms with Crippen molar-refractivity contribution in [2.45, 2.75) is 31.2 Å². The molecule has 8 nitrogen and oxygen atoms in total. The molecular weight excluding hydrogens is 645 g/mol. The molecule has 0 unspecified atom stereocenters. The minimum atomic E-state index is -4.11. The van der Waals surface area contributed by atoms with Crippen LogP contribution in [0.3, 0.4) is 0 Å². The van der Waals surface area contributed by atoms with Gasteiger partial charge in [-0.25, -0.2) is 0 Å². The molecule has 0 saturated carbocycles. The van der Waals surface area contributed by atoms with Crippen molar-refractivity contribution in [3.05, 3.63) is 81.6 Å². The van der Waals surface area contributed by atoms with E-state index in [1.165, 1.54) is 10.1 Å². The highest BCUT2D eigenvalue weighted by molar-refractivity contribution is 8.04. The molecular formula is C30H29N2O6S5+. The molecule has 224 valence electrons. The Morgan fingerprint density at radius 2 is 1.72 bits per heavy atom. The molecule has 2 N–H and O–H groups in total. The summed E-state index contributed by atoms with van der Waals surface area (Å²) in [6.45, 7) is 2.79. The van der Waals surface area contributed by atoms with Gasteiger partial charge in [-0.3, -0.25) is 9.11 Å². The third-order valence-electron chi connectivity index (χ3n) is 7.22. The number of benzene rings is 3. The Morgan fingerprint density at radius 1 is 0.930 bits per heavy atom. The van der Waals surface area contributed by atoms with Crippen LogP contribution in [0.1, 0.15) is 23.4 Å². The van der Waals surface area contributed by atoms with E-state index >= 15 is 0 Å². The molecule has 0 saturated heterocycles. The number of rotatable bonds is 10. The lowest BCUT2D eigenvalue weighted by Crippen LogP contribution is -2.36. The largest absolute Gasteiger partial charge is 0.335 e. The van der Waals surface area contributed by atoms with Gasteiger partial charge in [0, 0.05) is 28.6 Å². The molecule has 0 bridgehead atoms. The highest BCUT2D eigenvalue weighted by Crippen LogP contribution is 2.47. The quantitative estimate of drug-likeness (QED) is 0.122. The lowest BCUT2D eigenvalue weighted by molar-refractivity contribution is -0.668. The summed E-state index contributed by atoms with van der Waals surface area (Å²) in [7, 11) is -8.20. The molecule has 43 heavy (non-hydrogen) atoms. The lowest BCUT2D eigenvalue weighted by atomic mass is 10.0. The molecule has 3 heterocycles. The first-order valence-corrected chi connectivity index (χ1v) is 19.3. The zero-order chi connectivity index (χ0) is 30.4. The fourth-order valence-corrected chi connectivity index (χ4v) is 9.50. The molecule has 0 amide bonds. The van der Waals surface area contributed by atoms with Gasteiger partial charge in [0.25, 0.3) is 25.2 Å². The molecule has 2 aromatic heterocycles. The number of aromatic nitrogens is 1. The lowest BCUT2D eigenvalue weighted by Gasteiger charge is -2.20. The van der Waals surface area contributed by atoms with Gasteiger partial charge >= 0.3 is 0 Å². The van der Waals surface area contributed by atoms with Gasteiger partial charge < -0.3 is 4.90 Å². The second-order valence-corrected chi connectivity index (χ2v) is 16.6. The number of anilines is 1. The fourth-order valence-electron chi connectivity index (χ4n) is 5.29.